The number of hydrogen-bond acceptors (Lipinski definition) is 5. The van der Waals surface area contributed by atoms with Crippen LogP contribution in [0.5, 0.6) is 0 Å². The number of rotatable bonds is 5. The van der Waals surface area contributed by atoms with Gasteiger partial charge in [0.2, 0.25) is 0 Å². The van der Waals surface area contributed by atoms with Gasteiger partial charge in [0.25, 0.3) is 0 Å². The Labute approximate surface area is 124 Å². The zero-order valence-corrected chi connectivity index (χ0v) is 12.9. The summed E-state index contributed by atoms with van der Waals surface area (Å²) in [5, 5.41) is 4.70. The number of nitrogens with zero attached hydrogens (tertiary/aromatic N) is 2. The van der Waals surface area contributed by atoms with Crippen LogP contribution in [0.25, 0.3) is 0 Å². The van der Waals surface area contributed by atoms with E-state index in [1.165, 1.54) is 41.4 Å². The first-order chi connectivity index (χ1) is 9.83. The molecule has 1 saturated carbocycles. The highest BCUT2D eigenvalue weighted by atomic mass is 32.1. The minimum atomic E-state index is 0.444. The zero-order valence-electron chi connectivity index (χ0n) is 12.1. The fraction of sp³-hybridized carbons (Fsp3) is 0.800. The maximum atomic E-state index is 5.93. The molecule has 2 unspecified atom stereocenters. The van der Waals surface area contributed by atoms with Crippen molar-refractivity contribution < 1.29 is 4.74 Å². The summed E-state index contributed by atoms with van der Waals surface area (Å²) in [4.78, 5) is 8.93. The van der Waals surface area contributed by atoms with Crippen LogP contribution in [0.2, 0.25) is 0 Å². The van der Waals surface area contributed by atoms with Gasteiger partial charge in [-0.3, -0.25) is 0 Å². The van der Waals surface area contributed by atoms with E-state index in [4.69, 9.17) is 9.72 Å². The van der Waals surface area contributed by atoms with Gasteiger partial charge in [-0.25, -0.2) is 4.98 Å². The minimum absolute atomic E-state index is 0.444. The van der Waals surface area contributed by atoms with Gasteiger partial charge in [0.1, 0.15) is 0 Å². The van der Waals surface area contributed by atoms with Gasteiger partial charge in [-0.1, -0.05) is 6.92 Å². The van der Waals surface area contributed by atoms with Crippen molar-refractivity contribution in [3.63, 3.8) is 0 Å². The van der Waals surface area contributed by atoms with Crippen molar-refractivity contribution in [1.29, 1.82) is 0 Å². The van der Waals surface area contributed by atoms with Crippen molar-refractivity contribution in [1.82, 2.24) is 10.3 Å². The molecule has 4 rings (SSSR count). The maximum absolute atomic E-state index is 5.93. The largest absolute Gasteiger partial charge is 0.371 e. The van der Waals surface area contributed by atoms with E-state index < -0.39 is 0 Å². The molecule has 4 nitrogen and oxygen atoms in total. The number of nitrogens with one attached hydrogen (secondary N) is 1. The highest BCUT2D eigenvalue weighted by Crippen LogP contribution is 2.44. The Kier molecular flexibility index (Phi) is 3.44. The molecule has 2 bridgehead atoms. The van der Waals surface area contributed by atoms with Gasteiger partial charge in [0.15, 0.2) is 5.13 Å². The van der Waals surface area contributed by atoms with Gasteiger partial charge in [0, 0.05) is 30.4 Å². The van der Waals surface area contributed by atoms with E-state index in [2.05, 4.69) is 17.1 Å². The summed E-state index contributed by atoms with van der Waals surface area (Å²) < 4.78 is 5.93. The van der Waals surface area contributed by atoms with E-state index in [1.807, 2.05) is 11.3 Å². The average molecular weight is 293 g/mol. The molecule has 2 saturated heterocycles. The summed E-state index contributed by atoms with van der Waals surface area (Å²) in [7, 11) is 0. The minimum Gasteiger partial charge on any atom is -0.371 e. The third-order valence-corrected chi connectivity index (χ3v) is 5.66. The fourth-order valence-electron chi connectivity index (χ4n) is 3.30. The molecule has 0 radical (unpaired) electrons. The summed E-state index contributed by atoms with van der Waals surface area (Å²) in [6.07, 6.45) is 6.00. The van der Waals surface area contributed by atoms with Crippen LogP contribution in [0.1, 0.15) is 49.1 Å². The molecule has 0 aromatic carbocycles. The van der Waals surface area contributed by atoms with E-state index in [0.717, 1.165) is 32.1 Å². The second-order valence-electron chi connectivity index (χ2n) is 6.22. The Morgan fingerprint density at radius 3 is 2.65 bits per heavy atom. The average Bonchev–Trinajstić information content (AvgIpc) is 3.14. The first kappa shape index (κ1) is 13.0. The van der Waals surface area contributed by atoms with Crippen molar-refractivity contribution in [2.45, 2.75) is 57.3 Å². The van der Waals surface area contributed by atoms with Gasteiger partial charge in [-0.15, -0.1) is 11.3 Å². The fourth-order valence-corrected chi connectivity index (χ4v) is 4.43. The number of anilines is 1. The summed E-state index contributed by atoms with van der Waals surface area (Å²) in [6.45, 7) is 6.25. The van der Waals surface area contributed by atoms with Crippen LogP contribution in [0.15, 0.2) is 0 Å². The molecular formula is C15H23N3OS. The molecule has 2 atom stereocenters. The molecule has 1 aromatic rings. The summed E-state index contributed by atoms with van der Waals surface area (Å²) in [5.74, 6) is 0.742. The molecule has 20 heavy (non-hydrogen) atoms. The first-order valence-electron chi connectivity index (χ1n) is 7.94. The molecule has 5 heteroatoms. The SMILES string of the molecule is CCNCc1sc(N2CC3CCC(C2)O3)nc1C1CC1. The third-order valence-electron chi connectivity index (χ3n) is 4.53. The summed E-state index contributed by atoms with van der Waals surface area (Å²) in [5.41, 5.74) is 1.38. The van der Waals surface area contributed by atoms with Gasteiger partial charge >= 0.3 is 0 Å². The molecule has 0 spiro atoms. The molecule has 3 heterocycles. The predicted octanol–water partition coefficient (Wildman–Crippen LogP) is 2.50. The van der Waals surface area contributed by atoms with E-state index in [-0.39, 0.29) is 0 Å². The molecule has 1 aromatic heterocycles. The van der Waals surface area contributed by atoms with Gasteiger partial charge in [-0.2, -0.15) is 0 Å². The molecule has 110 valence electrons. The lowest BCUT2D eigenvalue weighted by molar-refractivity contribution is 0.0305. The van der Waals surface area contributed by atoms with Crippen LogP contribution in [0, 0.1) is 0 Å². The normalized spacial score (nSPS) is 29.1. The Morgan fingerprint density at radius 2 is 2.00 bits per heavy atom. The number of aromatic nitrogens is 1. The topological polar surface area (TPSA) is 37.4 Å². The molecule has 0 amide bonds. The zero-order chi connectivity index (χ0) is 13.5. The Balaban J connectivity index is 1.55. The van der Waals surface area contributed by atoms with Crippen molar-refractivity contribution >= 4 is 16.5 Å². The number of ether oxygens (including phenoxy) is 1. The quantitative estimate of drug-likeness (QED) is 0.905. The van der Waals surface area contributed by atoms with Crippen LogP contribution in [0.3, 0.4) is 0 Å². The highest BCUT2D eigenvalue weighted by molar-refractivity contribution is 7.15. The van der Waals surface area contributed by atoms with Crippen molar-refractivity contribution in [2.24, 2.45) is 0 Å². The highest BCUT2D eigenvalue weighted by Gasteiger charge is 2.36. The van der Waals surface area contributed by atoms with Crippen LogP contribution < -0.4 is 10.2 Å². The van der Waals surface area contributed by atoms with Crippen LogP contribution in [-0.2, 0) is 11.3 Å². The number of fused-ring (bicyclic) bond motifs is 2. The van der Waals surface area contributed by atoms with Crippen LogP contribution in [0.4, 0.5) is 5.13 Å². The number of thiazole rings is 1. The van der Waals surface area contributed by atoms with Gasteiger partial charge in [0.05, 0.1) is 17.9 Å². The molecule has 3 fully saturated rings. The van der Waals surface area contributed by atoms with E-state index in [1.54, 1.807) is 0 Å². The molecule has 2 aliphatic heterocycles. The summed E-state index contributed by atoms with van der Waals surface area (Å²) >= 11 is 1.90. The van der Waals surface area contributed by atoms with Crippen LogP contribution >= 0.6 is 11.3 Å². The first-order valence-corrected chi connectivity index (χ1v) is 8.76. The summed E-state index contributed by atoms with van der Waals surface area (Å²) in [6, 6.07) is 0. The third kappa shape index (κ3) is 2.47. The van der Waals surface area contributed by atoms with Crippen molar-refractivity contribution in [3.8, 4) is 0 Å². The van der Waals surface area contributed by atoms with Gasteiger partial charge in [-0.05, 0) is 32.2 Å². The van der Waals surface area contributed by atoms with E-state index in [9.17, 15) is 0 Å². The lowest BCUT2D eigenvalue weighted by atomic mass is 10.2. The van der Waals surface area contributed by atoms with Crippen molar-refractivity contribution in [3.05, 3.63) is 10.6 Å². The van der Waals surface area contributed by atoms with Crippen LogP contribution in [-0.4, -0.2) is 36.8 Å². The number of morpholine rings is 1. The Morgan fingerprint density at radius 1 is 1.25 bits per heavy atom. The van der Waals surface area contributed by atoms with Gasteiger partial charge < -0.3 is 15.0 Å². The lowest BCUT2D eigenvalue weighted by Gasteiger charge is -2.31. The molecule has 1 aliphatic carbocycles. The smallest absolute Gasteiger partial charge is 0.186 e. The standard InChI is InChI=1S/C15H23N3OS/c1-2-16-7-13-14(10-3-4-10)17-15(20-13)18-8-11-5-6-12(9-18)19-11/h10-12,16H,2-9H2,1H3. The molecular weight excluding hydrogens is 270 g/mol. The Hall–Kier alpha value is -0.650. The maximum Gasteiger partial charge on any atom is 0.186 e. The second kappa shape index (κ2) is 5.28. The van der Waals surface area contributed by atoms with Crippen molar-refractivity contribution in [2.75, 3.05) is 24.5 Å². The second-order valence-corrected chi connectivity index (χ2v) is 7.28. The molecule has 1 N–H and O–H groups in total. The predicted molar refractivity (Wildman–Crippen MR) is 81.6 cm³/mol. The number of hydrogen-bond donors (Lipinski definition) is 1. The Bertz CT molecular complexity index is 473. The lowest BCUT2D eigenvalue weighted by Crippen LogP contribution is -2.42. The van der Waals surface area contributed by atoms with E-state index in [0.29, 0.717) is 12.2 Å². The monoisotopic (exact) mass is 293 g/mol. The molecule has 3 aliphatic rings. The van der Waals surface area contributed by atoms with E-state index >= 15 is 0 Å².